The van der Waals surface area contributed by atoms with Crippen LogP contribution in [0.25, 0.3) is 21.3 Å². The van der Waals surface area contributed by atoms with Gasteiger partial charge in [0, 0.05) is 13.0 Å². The number of H-pyrrole nitrogens is 1. The fourth-order valence-corrected chi connectivity index (χ4v) is 5.60. The van der Waals surface area contributed by atoms with E-state index in [1.807, 2.05) is 35.8 Å². The van der Waals surface area contributed by atoms with Crippen molar-refractivity contribution in [1.82, 2.24) is 24.8 Å². The summed E-state index contributed by atoms with van der Waals surface area (Å²) < 4.78 is 1.81. The first-order chi connectivity index (χ1) is 15.4. The number of aryl methyl sites for hydroxylation is 2. The standard InChI is InChI=1S/C24H27N5O2S/c1-13(2)19(21-25-15-9-6-7-10-16(15)26-21)28-22(30)20-14(3)18-23(32-20)27-17-11-5-4-8-12-29(17)24(18)31/h6-7,9-10,13,19H,4-5,8,11-12H2,1-3H3,(H,25,26)(H,28,30). The first kappa shape index (κ1) is 20.9. The summed E-state index contributed by atoms with van der Waals surface area (Å²) in [6.45, 7) is 6.67. The van der Waals surface area contributed by atoms with Crippen molar-refractivity contribution in [1.29, 1.82) is 0 Å². The van der Waals surface area contributed by atoms with Crippen molar-refractivity contribution in [2.75, 3.05) is 0 Å². The van der Waals surface area contributed by atoms with E-state index in [9.17, 15) is 9.59 Å². The van der Waals surface area contributed by atoms with E-state index < -0.39 is 0 Å². The van der Waals surface area contributed by atoms with Gasteiger partial charge in [0.05, 0.1) is 27.3 Å². The summed E-state index contributed by atoms with van der Waals surface area (Å²) in [5.74, 6) is 1.52. The molecule has 7 nitrogen and oxygen atoms in total. The Hall–Kier alpha value is -3.00. The highest BCUT2D eigenvalue weighted by atomic mass is 32.1. The molecule has 1 amide bonds. The Labute approximate surface area is 189 Å². The van der Waals surface area contributed by atoms with E-state index in [1.165, 1.54) is 11.3 Å². The number of fused-ring (bicyclic) bond motifs is 3. The number of nitrogens with one attached hydrogen (secondary N) is 2. The van der Waals surface area contributed by atoms with Crippen LogP contribution in [0.15, 0.2) is 29.1 Å². The molecule has 0 saturated carbocycles. The average molecular weight is 450 g/mol. The molecule has 0 spiro atoms. The van der Waals surface area contributed by atoms with Crippen LogP contribution in [0.4, 0.5) is 0 Å². The second-order valence-electron chi connectivity index (χ2n) is 8.87. The maximum atomic E-state index is 13.3. The third kappa shape index (κ3) is 3.52. The van der Waals surface area contributed by atoms with Crippen LogP contribution in [0.1, 0.15) is 66.0 Å². The molecule has 8 heteroatoms. The Morgan fingerprint density at radius 1 is 1.19 bits per heavy atom. The number of nitrogens with zero attached hydrogens (tertiary/aromatic N) is 3. The molecule has 1 unspecified atom stereocenters. The Balaban J connectivity index is 1.51. The number of hydrogen-bond donors (Lipinski definition) is 2. The summed E-state index contributed by atoms with van der Waals surface area (Å²) in [6.07, 6.45) is 3.96. The number of hydrogen-bond acceptors (Lipinski definition) is 5. The smallest absolute Gasteiger partial charge is 0.262 e. The van der Waals surface area contributed by atoms with Crippen LogP contribution in [0, 0.1) is 12.8 Å². The number of rotatable bonds is 4. The van der Waals surface area contributed by atoms with Gasteiger partial charge in [-0.25, -0.2) is 9.97 Å². The largest absolute Gasteiger partial charge is 0.341 e. The SMILES string of the molecule is Cc1c(C(=O)NC(c2nc3ccccc3[nH]2)C(C)C)sc2nc3n(c(=O)c12)CCCCC3. The Kier molecular flexibility index (Phi) is 5.33. The van der Waals surface area contributed by atoms with Crippen LogP contribution in [0.3, 0.4) is 0 Å². The maximum absolute atomic E-state index is 13.3. The molecule has 0 aliphatic carbocycles. The van der Waals surface area contributed by atoms with Gasteiger partial charge in [-0.2, -0.15) is 0 Å². The van der Waals surface area contributed by atoms with Crippen molar-refractivity contribution < 1.29 is 4.79 Å². The summed E-state index contributed by atoms with van der Waals surface area (Å²) in [5.41, 5.74) is 2.52. The third-order valence-electron chi connectivity index (χ3n) is 6.27. The minimum Gasteiger partial charge on any atom is -0.341 e. The lowest BCUT2D eigenvalue weighted by atomic mass is 10.0. The van der Waals surface area contributed by atoms with Gasteiger partial charge in [-0.1, -0.05) is 32.4 Å². The van der Waals surface area contributed by atoms with E-state index in [0.717, 1.165) is 48.4 Å². The lowest BCUT2D eigenvalue weighted by molar-refractivity contribution is 0.0927. The molecule has 0 fully saturated rings. The predicted octanol–water partition coefficient (Wildman–Crippen LogP) is 4.50. The summed E-state index contributed by atoms with van der Waals surface area (Å²) in [7, 11) is 0. The molecule has 1 atom stereocenters. The molecule has 166 valence electrons. The molecule has 0 radical (unpaired) electrons. The van der Waals surface area contributed by atoms with Gasteiger partial charge >= 0.3 is 0 Å². The van der Waals surface area contributed by atoms with Crippen LogP contribution in [-0.4, -0.2) is 25.4 Å². The summed E-state index contributed by atoms with van der Waals surface area (Å²) in [5, 5.41) is 3.73. The summed E-state index contributed by atoms with van der Waals surface area (Å²) in [6, 6.07) is 7.56. The number of aromatic nitrogens is 4. The van der Waals surface area contributed by atoms with E-state index in [2.05, 4.69) is 29.1 Å². The number of carbonyl (C=O) groups is 1. The van der Waals surface area contributed by atoms with E-state index in [4.69, 9.17) is 4.98 Å². The molecule has 4 heterocycles. The molecule has 3 aromatic heterocycles. The Bertz CT molecular complexity index is 1350. The van der Waals surface area contributed by atoms with Crippen molar-refractivity contribution in [3.05, 3.63) is 56.7 Å². The molecule has 0 bridgehead atoms. The van der Waals surface area contributed by atoms with Crippen LogP contribution in [-0.2, 0) is 13.0 Å². The first-order valence-electron chi connectivity index (χ1n) is 11.2. The molecular weight excluding hydrogens is 422 g/mol. The van der Waals surface area contributed by atoms with Crippen molar-refractivity contribution in [3.63, 3.8) is 0 Å². The predicted molar refractivity (Wildman–Crippen MR) is 127 cm³/mol. The number of carbonyl (C=O) groups excluding carboxylic acids is 1. The van der Waals surface area contributed by atoms with E-state index in [0.29, 0.717) is 27.2 Å². The van der Waals surface area contributed by atoms with Crippen LogP contribution >= 0.6 is 11.3 Å². The van der Waals surface area contributed by atoms with E-state index in [1.54, 1.807) is 0 Å². The van der Waals surface area contributed by atoms with Gasteiger partial charge in [-0.05, 0) is 43.4 Å². The molecule has 32 heavy (non-hydrogen) atoms. The van der Waals surface area contributed by atoms with Crippen molar-refractivity contribution >= 4 is 38.5 Å². The van der Waals surface area contributed by atoms with E-state index in [-0.39, 0.29) is 23.4 Å². The zero-order valence-electron chi connectivity index (χ0n) is 18.6. The zero-order chi connectivity index (χ0) is 22.4. The van der Waals surface area contributed by atoms with Gasteiger partial charge in [-0.3, -0.25) is 14.2 Å². The highest BCUT2D eigenvalue weighted by molar-refractivity contribution is 7.20. The quantitative estimate of drug-likeness (QED) is 0.480. The zero-order valence-corrected chi connectivity index (χ0v) is 19.4. The maximum Gasteiger partial charge on any atom is 0.262 e. The lowest BCUT2D eigenvalue weighted by Crippen LogP contribution is -2.32. The molecule has 1 aliphatic rings. The van der Waals surface area contributed by atoms with Gasteiger partial charge in [0.2, 0.25) is 0 Å². The second-order valence-corrected chi connectivity index (χ2v) is 9.87. The normalized spacial score (nSPS) is 15.1. The van der Waals surface area contributed by atoms with Gasteiger partial charge < -0.3 is 10.3 Å². The Morgan fingerprint density at radius 3 is 2.78 bits per heavy atom. The van der Waals surface area contributed by atoms with Gasteiger partial charge in [0.1, 0.15) is 16.5 Å². The van der Waals surface area contributed by atoms with E-state index >= 15 is 0 Å². The molecule has 0 saturated heterocycles. The summed E-state index contributed by atoms with van der Waals surface area (Å²) in [4.78, 5) is 40.6. The highest BCUT2D eigenvalue weighted by Crippen LogP contribution is 2.30. The fourth-order valence-electron chi connectivity index (χ4n) is 4.50. The minimum absolute atomic E-state index is 0.0163. The number of amides is 1. The molecule has 5 rings (SSSR count). The van der Waals surface area contributed by atoms with Crippen LogP contribution in [0.5, 0.6) is 0 Å². The number of benzene rings is 1. The molecule has 1 aliphatic heterocycles. The lowest BCUT2D eigenvalue weighted by Gasteiger charge is -2.20. The minimum atomic E-state index is -0.273. The molecule has 2 N–H and O–H groups in total. The van der Waals surface area contributed by atoms with Crippen LogP contribution in [0.2, 0.25) is 0 Å². The van der Waals surface area contributed by atoms with Gasteiger partial charge in [-0.15, -0.1) is 11.3 Å². The number of imidazole rings is 1. The topological polar surface area (TPSA) is 92.7 Å². The molecule has 4 aromatic rings. The summed E-state index contributed by atoms with van der Waals surface area (Å²) >= 11 is 1.31. The van der Waals surface area contributed by atoms with Crippen molar-refractivity contribution in [2.45, 2.75) is 59.0 Å². The van der Waals surface area contributed by atoms with Crippen molar-refractivity contribution in [2.24, 2.45) is 5.92 Å². The number of thiophene rings is 1. The second kappa shape index (κ2) is 8.16. The highest BCUT2D eigenvalue weighted by Gasteiger charge is 2.26. The first-order valence-corrected chi connectivity index (χ1v) is 12.0. The number of para-hydroxylation sites is 2. The monoisotopic (exact) mass is 449 g/mol. The molecular formula is C24H27N5O2S. The average Bonchev–Trinajstić information content (AvgIpc) is 3.24. The van der Waals surface area contributed by atoms with Crippen molar-refractivity contribution in [3.8, 4) is 0 Å². The molecule has 1 aromatic carbocycles. The van der Waals surface area contributed by atoms with Gasteiger partial charge in [0.25, 0.3) is 11.5 Å². The fraction of sp³-hybridized carbons (Fsp3) is 0.417. The van der Waals surface area contributed by atoms with Crippen LogP contribution < -0.4 is 10.9 Å². The Morgan fingerprint density at radius 2 is 2.00 bits per heavy atom. The van der Waals surface area contributed by atoms with Gasteiger partial charge in [0.15, 0.2) is 0 Å². The number of aromatic amines is 1. The third-order valence-corrected chi connectivity index (χ3v) is 7.46.